The molecule has 1 unspecified atom stereocenters. The van der Waals surface area contributed by atoms with Gasteiger partial charge in [-0.2, -0.15) is 0 Å². The number of methoxy groups -OCH3 is 1. The molecule has 5 heteroatoms. The van der Waals surface area contributed by atoms with Crippen LogP contribution in [-0.4, -0.2) is 18.9 Å². The standard InChI is InChI=1S/C15H18ClFO3/c1-3-4-5-12(15(19)20-2)14(18)8-10-6-7-11(17)9-13(10)16/h6-7,9,12H,3-5,8H2,1-2H3. The molecular weight excluding hydrogens is 283 g/mol. The summed E-state index contributed by atoms with van der Waals surface area (Å²) in [7, 11) is 1.26. The second-order valence-electron chi connectivity index (χ2n) is 4.60. The van der Waals surface area contributed by atoms with Gasteiger partial charge in [0.1, 0.15) is 11.7 Å². The van der Waals surface area contributed by atoms with Gasteiger partial charge in [-0.05, 0) is 24.1 Å². The number of hydrogen-bond acceptors (Lipinski definition) is 3. The molecule has 3 nitrogen and oxygen atoms in total. The van der Waals surface area contributed by atoms with Crippen molar-refractivity contribution in [3.8, 4) is 0 Å². The lowest BCUT2D eigenvalue weighted by molar-refractivity contribution is -0.149. The molecule has 1 rings (SSSR count). The lowest BCUT2D eigenvalue weighted by atomic mass is 9.93. The molecule has 0 N–H and O–H groups in total. The quantitative estimate of drug-likeness (QED) is 0.571. The van der Waals surface area contributed by atoms with Crippen molar-refractivity contribution in [3.63, 3.8) is 0 Å². The van der Waals surface area contributed by atoms with Crippen LogP contribution in [0.5, 0.6) is 0 Å². The molecule has 1 atom stereocenters. The van der Waals surface area contributed by atoms with E-state index in [0.717, 1.165) is 18.9 Å². The lowest BCUT2D eigenvalue weighted by Gasteiger charge is -2.13. The summed E-state index contributed by atoms with van der Waals surface area (Å²) in [6.45, 7) is 1.98. The fourth-order valence-corrected chi connectivity index (χ4v) is 2.17. The summed E-state index contributed by atoms with van der Waals surface area (Å²) in [6, 6.07) is 3.86. The fraction of sp³-hybridized carbons (Fsp3) is 0.467. The van der Waals surface area contributed by atoms with E-state index < -0.39 is 17.7 Å². The Morgan fingerprint density at radius 1 is 1.40 bits per heavy atom. The number of rotatable bonds is 7. The maximum Gasteiger partial charge on any atom is 0.316 e. The molecule has 0 aromatic heterocycles. The van der Waals surface area contributed by atoms with Gasteiger partial charge in [0, 0.05) is 11.4 Å². The third kappa shape index (κ3) is 4.60. The highest BCUT2D eigenvalue weighted by Gasteiger charge is 2.27. The maximum atomic E-state index is 12.9. The minimum Gasteiger partial charge on any atom is -0.468 e. The molecule has 0 aliphatic heterocycles. The van der Waals surface area contributed by atoms with Gasteiger partial charge >= 0.3 is 5.97 Å². The van der Waals surface area contributed by atoms with Gasteiger partial charge in [0.25, 0.3) is 0 Å². The summed E-state index contributed by atoms with van der Waals surface area (Å²) in [5.74, 6) is -2.01. The van der Waals surface area contributed by atoms with Gasteiger partial charge in [0.15, 0.2) is 5.78 Å². The number of benzene rings is 1. The molecule has 0 heterocycles. The van der Waals surface area contributed by atoms with Crippen LogP contribution in [0.1, 0.15) is 31.7 Å². The second kappa shape index (κ2) is 8.00. The molecule has 0 aliphatic rings. The molecule has 0 saturated heterocycles. The number of esters is 1. The van der Waals surface area contributed by atoms with E-state index in [0.29, 0.717) is 12.0 Å². The first kappa shape index (κ1) is 16.6. The second-order valence-corrected chi connectivity index (χ2v) is 5.00. The molecule has 1 aromatic carbocycles. The zero-order valence-electron chi connectivity index (χ0n) is 11.6. The van der Waals surface area contributed by atoms with Crippen LogP contribution in [0.2, 0.25) is 5.02 Å². The smallest absolute Gasteiger partial charge is 0.316 e. The first-order valence-corrected chi connectivity index (χ1v) is 6.91. The average Bonchev–Trinajstić information content (AvgIpc) is 2.42. The first-order chi connectivity index (χ1) is 9.49. The molecule has 0 radical (unpaired) electrons. The SMILES string of the molecule is CCCCC(C(=O)Cc1ccc(F)cc1Cl)C(=O)OC. The number of carbonyl (C=O) groups is 2. The van der Waals surface area contributed by atoms with Crippen LogP contribution in [0.15, 0.2) is 18.2 Å². The molecule has 1 aromatic rings. The Kier molecular flexibility index (Phi) is 6.65. The third-order valence-corrected chi connectivity index (χ3v) is 3.45. The molecule has 0 bridgehead atoms. The van der Waals surface area contributed by atoms with Crippen molar-refractivity contribution >= 4 is 23.4 Å². The first-order valence-electron chi connectivity index (χ1n) is 6.54. The van der Waals surface area contributed by atoms with Gasteiger partial charge < -0.3 is 4.74 Å². The number of ether oxygens (including phenoxy) is 1. The summed E-state index contributed by atoms with van der Waals surface area (Å²) < 4.78 is 17.6. The number of Topliss-reactive ketones (excluding diaryl/α,β-unsaturated/α-hetero) is 1. The molecule has 0 saturated carbocycles. The molecule has 20 heavy (non-hydrogen) atoms. The van der Waals surface area contributed by atoms with Crippen LogP contribution in [0, 0.1) is 11.7 Å². The molecule has 0 amide bonds. The minimum absolute atomic E-state index is 0.00257. The van der Waals surface area contributed by atoms with Crippen LogP contribution in [-0.2, 0) is 20.7 Å². The van der Waals surface area contributed by atoms with E-state index in [2.05, 4.69) is 4.74 Å². The number of ketones is 1. The van der Waals surface area contributed by atoms with E-state index in [1.807, 2.05) is 6.92 Å². The zero-order valence-corrected chi connectivity index (χ0v) is 12.4. The summed E-state index contributed by atoms with van der Waals surface area (Å²) in [5.41, 5.74) is 0.517. The molecule has 0 fully saturated rings. The van der Waals surface area contributed by atoms with Crippen molar-refractivity contribution in [2.24, 2.45) is 5.92 Å². The van der Waals surface area contributed by atoms with Gasteiger partial charge in [0.2, 0.25) is 0 Å². The van der Waals surface area contributed by atoms with E-state index in [1.165, 1.54) is 19.2 Å². The molecule has 0 spiro atoms. The van der Waals surface area contributed by atoms with Crippen molar-refractivity contribution < 1.29 is 18.7 Å². The van der Waals surface area contributed by atoms with Crippen LogP contribution in [0.4, 0.5) is 4.39 Å². The van der Waals surface area contributed by atoms with Crippen LogP contribution in [0.25, 0.3) is 0 Å². The van der Waals surface area contributed by atoms with E-state index in [9.17, 15) is 14.0 Å². The largest absolute Gasteiger partial charge is 0.468 e. The zero-order chi connectivity index (χ0) is 15.1. The van der Waals surface area contributed by atoms with Crippen molar-refractivity contribution in [1.29, 1.82) is 0 Å². The number of unbranched alkanes of at least 4 members (excludes halogenated alkanes) is 1. The topological polar surface area (TPSA) is 43.4 Å². The van der Waals surface area contributed by atoms with Crippen LogP contribution in [0.3, 0.4) is 0 Å². The number of halogens is 2. The highest BCUT2D eigenvalue weighted by molar-refractivity contribution is 6.31. The van der Waals surface area contributed by atoms with E-state index in [-0.39, 0.29) is 17.2 Å². The van der Waals surface area contributed by atoms with E-state index in [4.69, 9.17) is 11.6 Å². The Balaban J connectivity index is 2.81. The monoisotopic (exact) mass is 300 g/mol. The number of hydrogen-bond donors (Lipinski definition) is 0. The Morgan fingerprint density at radius 2 is 2.10 bits per heavy atom. The molecule has 0 aliphatic carbocycles. The Bertz CT molecular complexity index is 488. The fourth-order valence-electron chi connectivity index (χ4n) is 1.94. The van der Waals surface area contributed by atoms with E-state index in [1.54, 1.807) is 0 Å². The van der Waals surface area contributed by atoms with Gasteiger partial charge in [-0.1, -0.05) is 37.4 Å². The maximum absolute atomic E-state index is 12.9. The van der Waals surface area contributed by atoms with Gasteiger partial charge in [-0.15, -0.1) is 0 Å². The van der Waals surface area contributed by atoms with Crippen molar-refractivity contribution in [2.45, 2.75) is 32.6 Å². The summed E-state index contributed by atoms with van der Waals surface area (Å²) >= 11 is 5.89. The van der Waals surface area contributed by atoms with Crippen molar-refractivity contribution in [2.75, 3.05) is 7.11 Å². The predicted octanol–water partition coefficient (Wildman–Crippen LogP) is 3.57. The Morgan fingerprint density at radius 3 is 2.65 bits per heavy atom. The average molecular weight is 301 g/mol. The van der Waals surface area contributed by atoms with Gasteiger partial charge in [0.05, 0.1) is 7.11 Å². The van der Waals surface area contributed by atoms with Crippen LogP contribution >= 0.6 is 11.6 Å². The Labute approximate surface area is 123 Å². The number of carbonyl (C=O) groups excluding carboxylic acids is 2. The lowest BCUT2D eigenvalue weighted by Crippen LogP contribution is -2.26. The van der Waals surface area contributed by atoms with Gasteiger partial charge in [-0.25, -0.2) is 4.39 Å². The van der Waals surface area contributed by atoms with Crippen molar-refractivity contribution in [1.82, 2.24) is 0 Å². The minimum atomic E-state index is -0.777. The van der Waals surface area contributed by atoms with Gasteiger partial charge in [-0.3, -0.25) is 9.59 Å². The summed E-state index contributed by atoms with van der Waals surface area (Å²) in [5, 5.41) is 0.192. The summed E-state index contributed by atoms with van der Waals surface area (Å²) in [6.07, 6.45) is 2.12. The highest BCUT2D eigenvalue weighted by atomic mass is 35.5. The van der Waals surface area contributed by atoms with Crippen LogP contribution < -0.4 is 0 Å². The summed E-state index contributed by atoms with van der Waals surface area (Å²) in [4.78, 5) is 23.9. The molecule has 110 valence electrons. The predicted molar refractivity (Wildman–Crippen MR) is 75.2 cm³/mol. The normalized spacial score (nSPS) is 12.0. The Hall–Kier alpha value is -1.42. The van der Waals surface area contributed by atoms with E-state index >= 15 is 0 Å². The van der Waals surface area contributed by atoms with Crippen molar-refractivity contribution in [3.05, 3.63) is 34.6 Å². The highest BCUT2D eigenvalue weighted by Crippen LogP contribution is 2.21. The molecular formula is C15H18ClFO3. The third-order valence-electron chi connectivity index (χ3n) is 3.10.